The van der Waals surface area contributed by atoms with Gasteiger partial charge in [0.25, 0.3) is 0 Å². The Morgan fingerprint density at radius 2 is 1.92 bits per heavy atom. The number of benzene rings is 3. The van der Waals surface area contributed by atoms with Gasteiger partial charge in [-0.2, -0.15) is 0 Å². The van der Waals surface area contributed by atoms with Crippen molar-refractivity contribution >= 4 is 33.2 Å². The Morgan fingerprint density at radius 3 is 2.76 bits per heavy atom. The second kappa shape index (κ2) is 6.11. The van der Waals surface area contributed by atoms with Crippen LogP contribution >= 0.6 is 11.3 Å². The van der Waals surface area contributed by atoms with E-state index in [4.69, 9.17) is 0 Å². The molecule has 0 saturated heterocycles. The number of carboxylic acids is 1. The number of carboxylic acid groups (broad SMARTS) is 1. The van der Waals surface area contributed by atoms with E-state index in [-0.39, 0.29) is 5.56 Å². The average Bonchev–Trinajstić information content (AvgIpc) is 2.59. The van der Waals surface area contributed by atoms with Crippen LogP contribution in [0.4, 0.5) is 5.69 Å². The van der Waals surface area contributed by atoms with E-state index in [9.17, 15) is 9.90 Å². The van der Waals surface area contributed by atoms with Gasteiger partial charge in [0.05, 0.1) is 37.8 Å². The summed E-state index contributed by atoms with van der Waals surface area (Å²) in [5.74, 6) is -1.20. The fraction of sp³-hybridized carbons (Fsp3) is 0.0500. The molecule has 2 aromatic carbocycles. The molecule has 4 nitrogen and oxygen atoms in total. The molecule has 122 valence electrons. The van der Waals surface area contributed by atoms with Crippen LogP contribution in [0.15, 0.2) is 65.7 Å². The van der Waals surface area contributed by atoms with Crippen LogP contribution in [-0.2, 0) is 0 Å². The normalized spacial score (nSPS) is 12.0. The largest absolute Gasteiger partial charge is 0.545 e. The molecule has 0 fully saturated rings. The minimum Gasteiger partial charge on any atom is -0.545 e. The van der Waals surface area contributed by atoms with Gasteiger partial charge < -0.3 is 9.90 Å². The first-order valence-electron chi connectivity index (χ1n) is 7.76. The van der Waals surface area contributed by atoms with Crippen LogP contribution in [0.2, 0.25) is 0 Å². The minimum absolute atomic E-state index is 0.134. The van der Waals surface area contributed by atoms with Gasteiger partial charge >= 0.3 is 0 Å². The van der Waals surface area contributed by atoms with Gasteiger partial charge in [-0.3, -0.25) is 0 Å². The van der Waals surface area contributed by atoms with E-state index in [0.717, 1.165) is 31.7 Å². The summed E-state index contributed by atoms with van der Waals surface area (Å²) >= 11 is 1.66. The third-order valence-electron chi connectivity index (χ3n) is 3.83. The summed E-state index contributed by atoms with van der Waals surface area (Å²) in [5, 5.41) is 11.9. The lowest BCUT2D eigenvalue weighted by Crippen LogP contribution is -2.22. The fourth-order valence-corrected chi connectivity index (χ4v) is 3.72. The SMILES string of the molecule is Cc1cc(N=c2ccc3nc4ccccc4sc-3c2)cc(C(=O)[O-])c1. The van der Waals surface area contributed by atoms with Crippen LogP contribution in [0.25, 0.3) is 20.8 Å². The Labute approximate surface area is 148 Å². The Balaban J connectivity index is 1.87. The zero-order chi connectivity index (χ0) is 17.4. The maximum Gasteiger partial charge on any atom is 0.0811 e. The molecular formula is C20H13N2O2S-. The van der Waals surface area contributed by atoms with E-state index in [0.29, 0.717) is 5.69 Å². The van der Waals surface area contributed by atoms with Crippen LogP contribution in [0.3, 0.4) is 0 Å². The van der Waals surface area contributed by atoms with Crippen LogP contribution < -0.4 is 10.5 Å². The van der Waals surface area contributed by atoms with E-state index >= 15 is 0 Å². The van der Waals surface area contributed by atoms with Gasteiger partial charge in [0.15, 0.2) is 0 Å². The number of nitrogens with zero attached hydrogens (tertiary/aromatic N) is 2. The second-order valence-corrected chi connectivity index (χ2v) is 6.87. The molecule has 0 spiro atoms. The Hall–Kier alpha value is -3.05. The molecule has 1 heterocycles. The van der Waals surface area contributed by atoms with Crippen molar-refractivity contribution in [3.8, 4) is 10.6 Å². The van der Waals surface area contributed by atoms with Gasteiger partial charge in [-0.25, -0.2) is 9.98 Å². The number of carbonyl (C=O) groups is 1. The molecular weight excluding hydrogens is 332 g/mol. The van der Waals surface area contributed by atoms with Gasteiger partial charge in [0.1, 0.15) is 0 Å². The van der Waals surface area contributed by atoms with E-state index < -0.39 is 5.97 Å². The highest BCUT2D eigenvalue weighted by molar-refractivity contribution is 7.21. The number of hydrogen-bond acceptors (Lipinski definition) is 5. The highest BCUT2D eigenvalue weighted by Gasteiger charge is 2.06. The van der Waals surface area contributed by atoms with Crippen molar-refractivity contribution in [1.29, 1.82) is 0 Å². The van der Waals surface area contributed by atoms with Crippen molar-refractivity contribution in [3.63, 3.8) is 0 Å². The molecule has 0 aromatic heterocycles. The molecule has 0 amide bonds. The number of aromatic nitrogens is 1. The first kappa shape index (κ1) is 15.5. The van der Waals surface area contributed by atoms with E-state index in [2.05, 4.69) is 9.98 Å². The summed E-state index contributed by atoms with van der Waals surface area (Å²) in [6.45, 7) is 1.84. The molecule has 0 bridgehead atoms. The topological polar surface area (TPSA) is 65.4 Å². The number of fused-ring (bicyclic) bond motifs is 2. The molecule has 0 atom stereocenters. The molecule has 1 aliphatic heterocycles. The zero-order valence-electron chi connectivity index (χ0n) is 13.4. The molecule has 4 rings (SSSR count). The first-order chi connectivity index (χ1) is 12.1. The highest BCUT2D eigenvalue weighted by Crippen LogP contribution is 2.29. The van der Waals surface area contributed by atoms with E-state index in [1.165, 1.54) is 6.07 Å². The summed E-state index contributed by atoms with van der Waals surface area (Å²) in [6.07, 6.45) is 0. The smallest absolute Gasteiger partial charge is 0.0811 e. The maximum absolute atomic E-state index is 11.1. The molecule has 0 N–H and O–H groups in total. The number of aryl methyl sites for hydroxylation is 1. The number of para-hydroxylation sites is 1. The van der Waals surface area contributed by atoms with Crippen molar-refractivity contribution in [3.05, 3.63) is 77.1 Å². The average molecular weight is 345 g/mol. The van der Waals surface area contributed by atoms with Gasteiger partial charge in [-0.1, -0.05) is 18.2 Å². The maximum atomic E-state index is 11.1. The molecule has 0 unspecified atom stereocenters. The molecule has 2 aromatic rings. The lowest BCUT2D eigenvalue weighted by Gasteiger charge is -2.07. The van der Waals surface area contributed by atoms with Crippen LogP contribution in [0, 0.1) is 6.92 Å². The molecule has 2 aliphatic rings. The molecule has 0 saturated carbocycles. The number of carbonyl (C=O) groups excluding carboxylic acids is 1. The van der Waals surface area contributed by atoms with Crippen molar-refractivity contribution in [1.82, 2.24) is 4.98 Å². The zero-order valence-corrected chi connectivity index (χ0v) is 14.2. The fourth-order valence-electron chi connectivity index (χ4n) is 2.72. The summed E-state index contributed by atoms with van der Waals surface area (Å²) in [6, 6.07) is 18.8. The van der Waals surface area contributed by atoms with E-state index in [1.54, 1.807) is 17.4 Å². The molecule has 5 heteroatoms. The van der Waals surface area contributed by atoms with Crippen LogP contribution in [0.5, 0.6) is 0 Å². The van der Waals surface area contributed by atoms with Crippen molar-refractivity contribution < 1.29 is 9.90 Å². The predicted molar refractivity (Wildman–Crippen MR) is 97.0 cm³/mol. The van der Waals surface area contributed by atoms with Gasteiger partial charge in [-0.05, 0) is 60.5 Å². The summed E-state index contributed by atoms with van der Waals surface area (Å²) in [5.41, 5.74) is 3.45. The van der Waals surface area contributed by atoms with Crippen molar-refractivity contribution in [2.75, 3.05) is 0 Å². The number of aromatic carboxylic acids is 1. The quantitative estimate of drug-likeness (QED) is 0.524. The predicted octanol–water partition coefficient (Wildman–Crippen LogP) is 3.31. The standard InChI is InChI=1S/C20H14N2O2S/c1-12-8-13(20(23)24)10-15(9-12)21-14-6-7-17-19(11-14)25-18-5-3-2-4-16(18)22-17/h2-11H,1H3,(H,23,24)/p-1. The minimum atomic E-state index is -1.20. The summed E-state index contributed by atoms with van der Waals surface area (Å²) in [4.78, 5) is 21.4. The Kier molecular flexibility index (Phi) is 3.78. The first-order valence-corrected chi connectivity index (χ1v) is 8.57. The van der Waals surface area contributed by atoms with Crippen molar-refractivity contribution in [2.45, 2.75) is 6.92 Å². The van der Waals surface area contributed by atoms with Gasteiger partial charge in [-0.15, -0.1) is 11.3 Å². The number of rotatable bonds is 2. The van der Waals surface area contributed by atoms with Crippen LogP contribution in [0.1, 0.15) is 15.9 Å². The molecule has 0 radical (unpaired) electrons. The second-order valence-electron chi connectivity index (χ2n) is 5.79. The Bertz CT molecular complexity index is 1150. The lowest BCUT2D eigenvalue weighted by atomic mass is 10.1. The van der Waals surface area contributed by atoms with Gasteiger partial charge in [0.2, 0.25) is 0 Å². The number of hydrogen-bond donors (Lipinski definition) is 0. The lowest BCUT2D eigenvalue weighted by molar-refractivity contribution is -0.255. The molecule has 25 heavy (non-hydrogen) atoms. The van der Waals surface area contributed by atoms with Crippen molar-refractivity contribution in [2.24, 2.45) is 4.99 Å². The van der Waals surface area contributed by atoms with E-state index in [1.807, 2.05) is 55.5 Å². The monoisotopic (exact) mass is 345 g/mol. The Morgan fingerprint density at radius 1 is 1.08 bits per heavy atom. The van der Waals surface area contributed by atoms with Crippen LogP contribution in [-0.4, -0.2) is 11.0 Å². The third kappa shape index (κ3) is 3.14. The third-order valence-corrected chi connectivity index (χ3v) is 4.94. The summed E-state index contributed by atoms with van der Waals surface area (Å²) in [7, 11) is 0. The molecule has 1 aliphatic carbocycles. The van der Waals surface area contributed by atoms with Gasteiger partial charge in [0, 0.05) is 0 Å². The highest BCUT2D eigenvalue weighted by atomic mass is 32.1. The summed E-state index contributed by atoms with van der Waals surface area (Å²) < 4.78 is 1.11.